The second-order valence-corrected chi connectivity index (χ2v) is 5.41. The van der Waals surface area contributed by atoms with Crippen molar-refractivity contribution in [2.45, 2.75) is 0 Å². The molecule has 0 amide bonds. The molecule has 3 aromatic rings. The van der Waals surface area contributed by atoms with Gasteiger partial charge in [0.2, 0.25) is 5.95 Å². The smallest absolute Gasteiger partial charge is 0.228 e. The van der Waals surface area contributed by atoms with Crippen LogP contribution in [-0.4, -0.2) is 19.9 Å². The summed E-state index contributed by atoms with van der Waals surface area (Å²) in [5.41, 5.74) is 0.831. The van der Waals surface area contributed by atoms with Crippen LogP contribution in [0.25, 0.3) is 10.7 Å². The molecule has 0 aliphatic heterocycles. The van der Waals surface area contributed by atoms with Crippen molar-refractivity contribution in [3.8, 4) is 10.7 Å². The van der Waals surface area contributed by atoms with Gasteiger partial charge in [-0.2, -0.15) is 0 Å². The van der Waals surface area contributed by atoms with Crippen molar-refractivity contribution < 1.29 is 0 Å². The van der Waals surface area contributed by atoms with E-state index in [1.807, 2.05) is 23.6 Å². The van der Waals surface area contributed by atoms with Crippen LogP contribution in [0.4, 0.5) is 11.8 Å². The zero-order valence-electron chi connectivity index (χ0n) is 9.62. The minimum absolute atomic E-state index is 0.506. The van der Waals surface area contributed by atoms with Crippen LogP contribution in [0, 0.1) is 0 Å². The van der Waals surface area contributed by atoms with Gasteiger partial charge in [-0.25, -0.2) is 19.9 Å². The summed E-state index contributed by atoms with van der Waals surface area (Å²) in [5.74, 6) is 1.20. The Balaban J connectivity index is 1.85. The van der Waals surface area contributed by atoms with Gasteiger partial charge in [0, 0.05) is 24.0 Å². The van der Waals surface area contributed by atoms with Crippen molar-refractivity contribution in [1.29, 1.82) is 0 Å². The second-order valence-electron chi connectivity index (χ2n) is 3.60. The lowest BCUT2D eigenvalue weighted by Crippen LogP contribution is -1.98. The summed E-state index contributed by atoms with van der Waals surface area (Å²) in [5, 5.41) is 5.87. The van der Waals surface area contributed by atoms with E-state index in [4.69, 9.17) is 0 Å². The lowest BCUT2D eigenvalue weighted by atomic mass is 10.3. The molecule has 3 aromatic heterocycles. The van der Waals surface area contributed by atoms with Crippen molar-refractivity contribution in [1.82, 2.24) is 19.9 Å². The van der Waals surface area contributed by atoms with E-state index in [2.05, 4.69) is 41.2 Å². The van der Waals surface area contributed by atoms with Crippen molar-refractivity contribution in [2.75, 3.05) is 5.32 Å². The molecule has 0 radical (unpaired) electrons. The molecule has 1 N–H and O–H groups in total. The van der Waals surface area contributed by atoms with Gasteiger partial charge in [0.1, 0.15) is 16.5 Å². The highest BCUT2D eigenvalue weighted by molar-refractivity contribution is 9.10. The van der Waals surface area contributed by atoms with E-state index in [-0.39, 0.29) is 0 Å². The molecule has 0 aromatic carbocycles. The van der Waals surface area contributed by atoms with Gasteiger partial charge >= 0.3 is 0 Å². The number of nitrogens with one attached hydrogen (secondary N) is 1. The lowest BCUT2D eigenvalue weighted by molar-refractivity contribution is 1.14. The normalized spacial score (nSPS) is 10.4. The Morgan fingerprint density at radius 2 is 1.95 bits per heavy atom. The zero-order chi connectivity index (χ0) is 13.1. The first-order valence-electron chi connectivity index (χ1n) is 5.43. The third kappa shape index (κ3) is 2.94. The van der Waals surface area contributed by atoms with Gasteiger partial charge in [-0.15, -0.1) is 11.3 Å². The highest BCUT2D eigenvalue weighted by Crippen LogP contribution is 2.21. The summed E-state index contributed by atoms with van der Waals surface area (Å²) in [7, 11) is 0. The fraction of sp³-hybridized carbons (Fsp3) is 0. The van der Waals surface area contributed by atoms with Crippen LogP contribution in [-0.2, 0) is 0 Å². The van der Waals surface area contributed by atoms with Gasteiger partial charge in [0.15, 0.2) is 0 Å². The molecule has 19 heavy (non-hydrogen) atoms. The molecule has 3 rings (SSSR count). The van der Waals surface area contributed by atoms with Gasteiger partial charge in [0.25, 0.3) is 0 Å². The largest absolute Gasteiger partial charge is 0.309 e. The van der Waals surface area contributed by atoms with Crippen LogP contribution >= 0.6 is 27.3 Å². The van der Waals surface area contributed by atoms with Gasteiger partial charge in [0.05, 0.1) is 4.47 Å². The number of hydrogen-bond acceptors (Lipinski definition) is 6. The number of rotatable bonds is 3. The summed E-state index contributed by atoms with van der Waals surface area (Å²) in [4.78, 5) is 17.0. The predicted molar refractivity (Wildman–Crippen MR) is 78.4 cm³/mol. The molecule has 0 fully saturated rings. The van der Waals surface area contributed by atoms with Gasteiger partial charge in [-0.1, -0.05) is 6.07 Å². The maximum Gasteiger partial charge on any atom is 0.228 e. The number of halogens is 1. The molecule has 0 unspecified atom stereocenters. The summed E-state index contributed by atoms with van der Waals surface area (Å²) >= 11 is 4.85. The summed E-state index contributed by atoms with van der Waals surface area (Å²) in [6.07, 6.45) is 5.12. The van der Waals surface area contributed by atoms with Crippen LogP contribution in [0.1, 0.15) is 0 Å². The average Bonchev–Trinajstić information content (AvgIpc) is 2.96. The van der Waals surface area contributed by atoms with Crippen molar-refractivity contribution >= 4 is 39.0 Å². The quantitative estimate of drug-likeness (QED) is 0.794. The number of nitrogens with zero attached hydrogens (tertiary/aromatic N) is 4. The number of hydrogen-bond donors (Lipinski definition) is 1. The number of thiazole rings is 1. The first kappa shape index (κ1) is 12.2. The standard InChI is InChI=1S/C12H8BrN5S/c13-8-6-15-12(16-7-8)18-10-3-1-2-9(17-10)11-14-4-5-19-11/h1-7H,(H,15,16,17,18). The molecule has 0 saturated heterocycles. The minimum Gasteiger partial charge on any atom is -0.309 e. The zero-order valence-corrected chi connectivity index (χ0v) is 12.0. The third-order valence-electron chi connectivity index (χ3n) is 2.26. The molecule has 0 bridgehead atoms. The highest BCUT2D eigenvalue weighted by Gasteiger charge is 2.04. The van der Waals surface area contributed by atoms with E-state index in [9.17, 15) is 0 Å². The fourth-order valence-corrected chi connectivity index (χ4v) is 2.28. The summed E-state index contributed by atoms with van der Waals surface area (Å²) in [6.45, 7) is 0. The molecule has 94 valence electrons. The van der Waals surface area contributed by atoms with Crippen LogP contribution in [0.2, 0.25) is 0 Å². The average molecular weight is 334 g/mol. The van der Waals surface area contributed by atoms with E-state index in [1.54, 1.807) is 29.9 Å². The number of pyridine rings is 1. The molecule has 3 heterocycles. The highest BCUT2D eigenvalue weighted by atomic mass is 79.9. The Kier molecular flexibility index (Phi) is 3.47. The van der Waals surface area contributed by atoms with Crippen molar-refractivity contribution in [3.63, 3.8) is 0 Å². The lowest BCUT2D eigenvalue weighted by Gasteiger charge is -2.04. The molecule has 0 aliphatic rings. The molecule has 7 heteroatoms. The summed E-state index contributed by atoms with van der Waals surface area (Å²) in [6, 6.07) is 5.71. The molecular formula is C12H8BrN5S. The van der Waals surface area contributed by atoms with Crippen LogP contribution < -0.4 is 5.32 Å². The second kappa shape index (κ2) is 5.41. The molecule has 0 spiro atoms. The number of aromatic nitrogens is 4. The predicted octanol–water partition coefficient (Wildman–Crippen LogP) is 3.50. The van der Waals surface area contributed by atoms with E-state index >= 15 is 0 Å². The van der Waals surface area contributed by atoms with Crippen LogP contribution in [0.15, 0.2) is 46.6 Å². The Bertz CT molecular complexity index is 669. The van der Waals surface area contributed by atoms with E-state index in [1.165, 1.54) is 0 Å². The molecule has 5 nitrogen and oxygen atoms in total. The molecule has 0 saturated carbocycles. The Hall–Kier alpha value is -1.86. The first-order valence-corrected chi connectivity index (χ1v) is 7.10. The molecule has 0 aliphatic carbocycles. The minimum atomic E-state index is 0.506. The Morgan fingerprint density at radius 1 is 1.11 bits per heavy atom. The van der Waals surface area contributed by atoms with Crippen molar-refractivity contribution in [3.05, 3.63) is 46.6 Å². The first-order chi connectivity index (χ1) is 9.31. The van der Waals surface area contributed by atoms with Crippen LogP contribution in [0.5, 0.6) is 0 Å². The maximum atomic E-state index is 4.48. The third-order valence-corrected chi connectivity index (χ3v) is 3.47. The van der Waals surface area contributed by atoms with E-state index in [0.29, 0.717) is 11.8 Å². The van der Waals surface area contributed by atoms with E-state index in [0.717, 1.165) is 15.2 Å². The number of anilines is 2. The fourth-order valence-electron chi connectivity index (χ4n) is 1.46. The monoisotopic (exact) mass is 333 g/mol. The summed E-state index contributed by atoms with van der Waals surface area (Å²) < 4.78 is 0.836. The molecule has 0 atom stereocenters. The van der Waals surface area contributed by atoms with Crippen LogP contribution in [0.3, 0.4) is 0 Å². The van der Waals surface area contributed by atoms with Gasteiger partial charge in [-0.3, -0.25) is 0 Å². The SMILES string of the molecule is Brc1cnc(Nc2cccc(-c3nccs3)n2)nc1. The molecular weight excluding hydrogens is 326 g/mol. The maximum absolute atomic E-state index is 4.48. The van der Waals surface area contributed by atoms with Crippen molar-refractivity contribution in [2.24, 2.45) is 0 Å². The Morgan fingerprint density at radius 3 is 2.68 bits per heavy atom. The topological polar surface area (TPSA) is 63.6 Å². The van der Waals surface area contributed by atoms with Gasteiger partial charge in [-0.05, 0) is 28.1 Å². The van der Waals surface area contributed by atoms with Gasteiger partial charge < -0.3 is 5.32 Å². The Labute approximate surface area is 121 Å². The van der Waals surface area contributed by atoms with E-state index < -0.39 is 0 Å².